The second-order valence-electron chi connectivity index (χ2n) is 5.62. The van der Waals surface area contributed by atoms with Crippen molar-refractivity contribution in [2.75, 3.05) is 13.7 Å². The molecule has 0 atom stereocenters. The largest absolute Gasteiger partial charge is 0.383 e. The predicted molar refractivity (Wildman–Crippen MR) is 67.2 cm³/mol. The molecule has 1 aromatic heterocycles. The molecule has 0 amide bonds. The summed E-state index contributed by atoms with van der Waals surface area (Å²) in [6.45, 7) is 9.55. The Labute approximate surface area is 108 Å². The summed E-state index contributed by atoms with van der Waals surface area (Å²) in [6.07, 6.45) is 3.39. The van der Waals surface area contributed by atoms with Gasteiger partial charge in [0.1, 0.15) is 0 Å². The maximum atomic E-state index is 5.96. The first-order valence-electron chi connectivity index (χ1n) is 6.23. The van der Waals surface area contributed by atoms with Crippen LogP contribution >= 0.6 is 0 Å². The van der Waals surface area contributed by atoms with Gasteiger partial charge in [0, 0.05) is 18.9 Å². The molecule has 0 aliphatic carbocycles. The van der Waals surface area contributed by atoms with E-state index in [0.29, 0.717) is 6.61 Å². The maximum Gasteiger partial charge on any atom is 0.188 e. The molecular formula is C13H22N2O3. The highest BCUT2D eigenvalue weighted by Crippen LogP contribution is 2.44. The lowest BCUT2D eigenvalue weighted by molar-refractivity contribution is -0.0896. The Balaban J connectivity index is 2.07. The molecule has 1 aliphatic rings. The van der Waals surface area contributed by atoms with Crippen molar-refractivity contribution in [2.24, 2.45) is 0 Å². The minimum atomic E-state index is -0.341. The topological polar surface area (TPSA) is 45.5 Å². The lowest BCUT2D eigenvalue weighted by Crippen LogP contribution is -2.41. The molecule has 0 aromatic carbocycles. The normalized spacial score (nSPS) is 22.5. The zero-order chi connectivity index (χ0) is 13.4. The van der Waals surface area contributed by atoms with Crippen molar-refractivity contribution in [2.45, 2.75) is 51.7 Å². The number of hydrogen-bond acceptors (Lipinski definition) is 4. The first-order chi connectivity index (χ1) is 8.36. The van der Waals surface area contributed by atoms with E-state index >= 15 is 0 Å². The number of methoxy groups -OCH3 is 1. The van der Waals surface area contributed by atoms with E-state index in [4.69, 9.17) is 14.2 Å². The van der Waals surface area contributed by atoms with E-state index in [1.54, 1.807) is 13.3 Å². The first kappa shape index (κ1) is 13.5. The molecule has 0 saturated carbocycles. The van der Waals surface area contributed by atoms with Crippen LogP contribution in [-0.2, 0) is 20.8 Å². The Morgan fingerprint density at radius 1 is 1.28 bits per heavy atom. The van der Waals surface area contributed by atoms with Crippen LogP contribution in [0.4, 0.5) is 0 Å². The molecule has 102 valence electrons. The van der Waals surface area contributed by atoms with Crippen molar-refractivity contribution < 1.29 is 14.2 Å². The molecule has 2 rings (SSSR count). The van der Waals surface area contributed by atoms with E-state index in [1.165, 1.54) is 0 Å². The third-order valence-corrected chi connectivity index (χ3v) is 3.70. The third kappa shape index (κ3) is 2.43. The summed E-state index contributed by atoms with van der Waals surface area (Å²) in [4.78, 5) is 0. The summed E-state index contributed by atoms with van der Waals surface area (Å²) < 4.78 is 18.8. The van der Waals surface area contributed by atoms with Crippen LogP contribution in [0.3, 0.4) is 0 Å². The van der Waals surface area contributed by atoms with Crippen LogP contribution in [0.25, 0.3) is 0 Å². The standard InChI is InChI=1S/C13H22N2O3/c1-12(2)13(3,4)18-11(17-12)10-8-14-15(9-10)6-7-16-5/h8-9,11H,6-7H2,1-5H3. The van der Waals surface area contributed by atoms with Crippen molar-refractivity contribution in [3.05, 3.63) is 18.0 Å². The molecule has 0 N–H and O–H groups in total. The molecule has 1 aromatic rings. The Kier molecular flexibility index (Phi) is 3.49. The van der Waals surface area contributed by atoms with E-state index < -0.39 is 0 Å². The van der Waals surface area contributed by atoms with Crippen LogP contribution in [-0.4, -0.2) is 34.7 Å². The van der Waals surface area contributed by atoms with E-state index in [1.807, 2.05) is 38.6 Å². The molecule has 0 radical (unpaired) electrons. The van der Waals surface area contributed by atoms with Gasteiger partial charge in [0.15, 0.2) is 6.29 Å². The Bertz CT molecular complexity index is 396. The summed E-state index contributed by atoms with van der Waals surface area (Å²) in [5.41, 5.74) is 0.322. The summed E-state index contributed by atoms with van der Waals surface area (Å²) in [5, 5.41) is 4.27. The lowest BCUT2D eigenvalue weighted by Gasteiger charge is -2.30. The molecule has 0 bridgehead atoms. The van der Waals surface area contributed by atoms with E-state index in [-0.39, 0.29) is 17.5 Å². The van der Waals surface area contributed by atoms with E-state index in [0.717, 1.165) is 12.1 Å². The molecule has 2 heterocycles. The van der Waals surface area contributed by atoms with Gasteiger partial charge in [-0.15, -0.1) is 0 Å². The second kappa shape index (κ2) is 4.64. The van der Waals surface area contributed by atoms with Gasteiger partial charge in [0.2, 0.25) is 0 Å². The van der Waals surface area contributed by atoms with Crippen LogP contribution in [0.1, 0.15) is 39.5 Å². The van der Waals surface area contributed by atoms with Crippen molar-refractivity contribution in [1.29, 1.82) is 0 Å². The highest BCUT2D eigenvalue weighted by Gasteiger charge is 2.49. The average Bonchev–Trinajstić information content (AvgIpc) is 2.80. The number of nitrogens with zero attached hydrogens (tertiary/aromatic N) is 2. The van der Waals surface area contributed by atoms with Gasteiger partial charge >= 0.3 is 0 Å². The van der Waals surface area contributed by atoms with Crippen molar-refractivity contribution >= 4 is 0 Å². The number of aromatic nitrogens is 2. The fourth-order valence-corrected chi connectivity index (χ4v) is 1.79. The summed E-state index contributed by atoms with van der Waals surface area (Å²) in [5.74, 6) is 0. The average molecular weight is 254 g/mol. The van der Waals surface area contributed by atoms with Crippen molar-refractivity contribution in [3.63, 3.8) is 0 Å². The fraction of sp³-hybridized carbons (Fsp3) is 0.769. The third-order valence-electron chi connectivity index (χ3n) is 3.70. The summed E-state index contributed by atoms with van der Waals surface area (Å²) >= 11 is 0. The zero-order valence-corrected chi connectivity index (χ0v) is 11.8. The van der Waals surface area contributed by atoms with Crippen molar-refractivity contribution in [1.82, 2.24) is 9.78 Å². The molecule has 1 aliphatic heterocycles. The van der Waals surface area contributed by atoms with E-state index in [2.05, 4.69) is 5.10 Å². The molecule has 5 heteroatoms. The Hall–Kier alpha value is -0.910. The minimum absolute atomic E-state index is 0.313. The van der Waals surface area contributed by atoms with Crippen LogP contribution in [0.2, 0.25) is 0 Å². The molecule has 1 fully saturated rings. The highest BCUT2D eigenvalue weighted by molar-refractivity contribution is 5.10. The summed E-state index contributed by atoms with van der Waals surface area (Å²) in [7, 11) is 1.68. The van der Waals surface area contributed by atoms with Crippen LogP contribution in [0.5, 0.6) is 0 Å². The molecule has 18 heavy (non-hydrogen) atoms. The smallest absolute Gasteiger partial charge is 0.188 e. The highest BCUT2D eigenvalue weighted by atomic mass is 16.7. The van der Waals surface area contributed by atoms with Crippen molar-refractivity contribution in [3.8, 4) is 0 Å². The number of rotatable bonds is 4. The van der Waals surface area contributed by atoms with Crippen LogP contribution in [0.15, 0.2) is 12.4 Å². The molecule has 5 nitrogen and oxygen atoms in total. The quantitative estimate of drug-likeness (QED) is 0.825. The fourth-order valence-electron chi connectivity index (χ4n) is 1.79. The molecule has 1 saturated heterocycles. The number of hydrogen-bond donors (Lipinski definition) is 0. The first-order valence-corrected chi connectivity index (χ1v) is 6.23. The zero-order valence-electron chi connectivity index (χ0n) is 11.8. The number of ether oxygens (including phenoxy) is 3. The van der Waals surface area contributed by atoms with Gasteiger partial charge in [-0.2, -0.15) is 5.10 Å². The molecule has 0 unspecified atom stereocenters. The monoisotopic (exact) mass is 254 g/mol. The molecule has 0 spiro atoms. The van der Waals surface area contributed by atoms with Gasteiger partial charge in [-0.1, -0.05) is 0 Å². The lowest BCUT2D eigenvalue weighted by atomic mass is 9.90. The van der Waals surface area contributed by atoms with Gasteiger partial charge in [-0.05, 0) is 27.7 Å². The van der Waals surface area contributed by atoms with Gasteiger partial charge in [0.25, 0.3) is 0 Å². The maximum absolute atomic E-state index is 5.96. The van der Waals surface area contributed by atoms with Gasteiger partial charge < -0.3 is 14.2 Å². The Morgan fingerprint density at radius 3 is 2.44 bits per heavy atom. The SMILES string of the molecule is COCCn1cc(C2OC(C)(C)C(C)(C)O2)cn1. The van der Waals surface area contributed by atoms with Gasteiger partial charge in [0.05, 0.1) is 30.6 Å². The minimum Gasteiger partial charge on any atom is -0.383 e. The van der Waals surface area contributed by atoms with Crippen LogP contribution in [0, 0.1) is 0 Å². The predicted octanol–water partition coefficient (Wildman–Crippen LogP) is 2.13. The van der Waals surface area contributed by atoms with Gasteiger partial charge in [-0.25, -0.2) is 0 Å². The Morgan fingerprint density at radius 2 is 1.89 bits per heavy atom. The van der Waals surface area contributed by atoms with Gasteiger partial charge in [-0.3, -0.25) is 4.68 Å². The second-order valence-corrected chi connectivity index (χ2v) is 5.62. The summed E-state index contributed by atoms with van der Waals surface area (Å²) in [6, 6.07) is 0. The molecular weight excluding hydrogens is 232 g/mol. The van der Waals surface area contributed by atoms with Crippen LogP contribution < -0.4 is 0 Å². The van der Waals surface area contributed by atoms with E-state index in [9.17, 15) is 0 Å².